The average Bonchev–Trinajstić information content (AvgIpc) is 2.58. The maximum Gasteiger partial charge on any atom is 0.353 e. The van der Waals surface area contributed by atoms with Gasteiger partial charge in [-0.25, -0.2) is 4.79 Å². The van der Waals surface area contributed by atoms with Gasteiger partial charge in [0.2, 0.25) is 5.91 Å². The maximum atomic E-state index is 12.2. The summed E-state index contributed by atoms with van der Waals surface area (Å²) in [6.45, 7) is 3.53. The highest BCUT2D eigenvalue weighted by Crippen LogP contribution is 2.52. The van der Waals surface area contributed by atoms with Crippen molar-refractivity contribution in [1.29, 1.82) is 0 Å². The molecule has 0 spiro atoms. The number of carbonyl (C=O) groups excluding carboxylic acids is 1. The molecule has 0 aromatic carbocycles. The van der Waals surface area contributed by atoms with Crippen LogP contribution >= 0.6 is 11.8 Å². The average molecular weight is 312 g/mol. The van der Waals surface area contributed by atoms with Gasteiger partial charge in [-0.2, -0.15) is 0 Å². The van der Waals surface area contributed by atoms with Crippen molar-refractivity contribution in [2.75, 3.05) is 0 Å². The molecule has 2 heterocycles. The lowest BCUT2D eigenvalue weighted by Gasteiger charge is -2.46. The van der Waals surface area contributed by atoms with Crippen LogP contribution < -0.4 is 5.73 Å². The van der Waals surface area contributed by atoms with Gasteiger partial charge >= 0.3 is 5.97 Å². The van der Waals surface area contributed by atoms with Crippen molar-refractivity contribution in [1.82, 2.24) is 4.90 Å². The lowest BCUT2D eigenvalue weighted by molar-refractivity contribution is -0.163. The fourth-order valence-corrected chi connectivity index (χ4v) is 5.26. The molecule has 3 rings (SSSR count). The van der Waals surface area contributed by atoms with Crippen LogP contribution in [0.2, 0.25) is 0 Å². The third kappa shape index (κ3) is 2.10. The van der Waals surface area contributed by atoms with Gasteiger partial charge in [-0.1, -0.05) is 6.92 Å². The molecule has 3 aliphatic rings. The van der Waals surface area contributed by atoms with Gasteiger partial charge in [0.1, 0.15) is 5.70 Å². The highest BCUT2D eigenvalue weighted by Gasteiger charge is 2.60. The minimum absolute atomic E-state index is 0.0461. The van der Waals surface area contributed by atoms with E-state index in [1.54, 1.807) is 18.7 Å². The number of hydrogen-bond acceptors (Lipinski definition) is 5. The van der Waals surface area contributed by atoms with Gasteiger partial charge in [-0.3, -0.25) is 4.79 Å². The summed E-state index contributed by atoms with van der Waals surface area (Å²) in [5, 5.41) is 19.6. The highest BCUT2D eigenvalue weighted by atomic mass is 32.2. The number of carboxylic acid groups (broad SMARTS) is 1. The van der Waals surface area contributed by atoms with Gasteiger partial charge in [0.15, 0.2) is 0 Å². The number of rotatable bonds is 4. The number of carboxylic acids is 1. The molecule has 1 amide bonds. The van der Waals surface area contributed by atoms with Gasteiger partial charge in [0, 0.05) is 22.1 Å². The third-order valence-electron chi connectivity index (χ3n) is 4.74. The largest absolute Gasteiger partial charge is 0.477 e. The van der Waals surface area contributed by atoms with Crippen molar-refractivity contribution in [3.8, 4) is 0 Å². The normalized spacial score (nSPS) is 39.7. The molecule has 21 heavy (non-hydrogen) atoms. The van der Waals surface area contributed by atoms with Crippen molar-refractivity contribution in [3.05, 3.63) is 10.6 Å². The first-order valence-electron chi connectivity index (χ1n) is 7.23. The summed E-state index contributed by atoms with van der Waals surface area (Å²) in [7, 11) is 0. The second-order valence-corrected chi connectivity index (χ2v) is 7.59. The minimum atomic E-state index is -1.06. The molecule has 0 radical (unpaired) electrons. The molecule has 6 nitrogen and oxygen atoms in total. The fraction of sp³-hybridized carbons (Fsp3) is 0.714. The Morgan fingerprint density at radius 1 is 1.48 bits per heavy atom. The standard InChI is InChI=1S/C14H20N2O4S/c1-5-10-9(6(2)17)13(18)16(10)11(14(19)20)12(5)21-8-3-7(15)4-8/h5-10,17H,3-4,15H2,1-2H3,(H,19,20)/t5-,6-,7-,8+,9-,10-/m1/s1. The van der Waals surface area contributed by atoms with E-state index in [2.05, 4.69) is 0 Å². The third-order valence-corrected chi connectivity index (χ3v) is 6.27. The summed E-state index contributed by atoms with van der Waals surface area (Å²) in [5.74, 6) is -1.88. The van der Waals surface area contributed by atoms with Gasteiger partial charge < -0.3 is 20.8 Å². The number of aliphatic hydroxyl groups excluding tert-OH is 1. The number of fused-ring (bicyclic) bond motifs is 1. The molecule has 4 atom stereocenters. The van der Waals surface area contributed by atoms with Crippen LogP contribution in [0.25, 0.3) is 0 Å². The summed E-state index contributed by atoms with van der Waals surface area (Å²) in [6, 6.07) is -0.0168. The Labute approximate surface area is 127 Å². The highest BCUT2D eigenvalue weighted by molar-refractivity contribution is 8.03. The van der Waals surface area contributed by atoms with E-state index < -0.39 is 18.0 Å². The molecule has 1 aliphatic carbocycles. The molecule has 0 aromatic rings. The van der Waals surface area contributed by atoms with Crippen LogP contribution in [0.3, 0.4) is 0 Å². The van der Waals surface area contributed by atoms with E-state index in [4.69, 9.17) is 5.73 Å². The van der Waals surface area contributed by atoms with Gasteiger partial charge in [0.25, 0.3) is 0 Å². The maximum absolute atomic E-state index is 12.2. The molecule has 7 heteroatoms. The van der Waals surface area contributed by atoms with Gasteiger partial charge in [0.05, 0.1) is 18.1 Å². The smallest absolute Gasteiger partial charge is 0.353 e. The Morgan fingerprint density at radius 2 is 2.10 bits per heavy atom. The number of aliphatic hydroxyl groups is 1. The first kappa shape index (κ1) is 14.9. The molecule has 4 N–H and O–H groups in total. The molecule has 2 aliphatic heterocycles. The lowest BCUT2D eigenvalue weighted by Crippen LogP contribution is -2.63. The number of aliphatic carboxylic acids is 1. The minimum Gasteiger partial charge on any atom is -0.477 e. The summed E-state index contributed by atoms with van der Waals surface area (Å²) in [6.07, 6.45) is 1.01. The van der Waals surface area contributed by atoms with Gasteiger partial charge in [-0.15, -0.1) is 11.8 Å². The number of nitrogens with two attached hydrogens (primary N) is 1. The summed E-state index contributed by atoms with van der Waals surface area (Å²) < 4.78 is 0. The van der Waals surface area contributed by atoms with E-state index in [-0.39, 0.29) is 29.6 Å². The molecular formula is C14H20N2O4S. The molecule has 0 aromatic heterocycles. The van der Waals surface area contributed by atoms with E-state index in [9.17, 15) is 19.8 Å². The Bertz CT molecular complexity index is 527. The predicted molar refractivity (Wildman–Crippen MR) is 78.2 cm³/mol. The van der Waals surface area contributed by atoms with E-state index in [1.165, 1.54) is 4.90 Å². The molecule has 1 saturated heterocycles. The zero-order valence-electron chi connectivity index (χ0n) is 12.0. The van der Waals surface area contributed by atoms with Crippen LogP contribution in [-0.2, 0) is 9.59 Å². The van der Waals surface area contributed by atoms with E-state index in [0.29, 0.717) is 5.25 Å². The van der Waals surface area contributed by atoms with Crippen LogP contribution in [0, 0.1) is 11.8 Å². The van der Waals surface area contributed by atoms with Crippen molar-refractivity contribution in [3.63, 3.8) is 0 Å². The summed E-state index contributed by atoms with van der Waals surface area (Å²) in [5.41, 5.74) is 5.89. The van der Waals surface area contributed by atoms with Crippen LogP contribution in [0.1, 0.15) is 26.7 Å². The Morgan fingerprint density at radius 3 is 2.57 bits per heavy atom. The monoisotopic (exact) mass is 312 g/mol. The predicted octanol–water partition coefficient (Wildman–Crippen LogP) is 0.363. The number of nitrogens with zero attached hydrogens (tertiary/aromatic N) is 1. The molecule has 2 fully saturated rings. The van der Waals surface area contributed by atoms with E-state index >= 15 is 0 Å². The Balaban J connectivity index is 1.86. The van der Waals surface area contributed by atoms with Crippen molar-refractivity contribution >= 4 is 23.6 Å². The van der Waals surface area contributed by atoms with Crippen molar-refractivity contribution < 1.29 is 19.8 Å². The van der Waals surface area contributed by atoms with E-state index in [0.717, 1.165) is 17.7 Å². The van der Waals surface area contributed by atoms with Crippen molar-refractivity contribution in [2.24, 2.45) is 17.6 Å². The topological polar surface area (TPSA) is 104 Å². The van der Waals surface area contributed by atoms with Crippen molar-refractivity contribution in [2.45, 2.75) is 50.1 Å². The van der Waals surface area contributed by atoms with Crippen LogP contribution in [0.15, 0.2) is 10.6 Å². The summed E-state index contributed by atoms with van der Waals surface area (Å²) >= 11 is 1.55. The zero-order chi connectivity index (χ0) is 15.5. The Kier molecular flexibility index (Phi) is 3.54. The quantitative estimate of drug-likeness (QED) is 0.648. The van der Waals surface area contributed by atoms with Crippen LogP contribution in [0.4, 0.5) is 0 Å². The second-order valence-electron chi connectivity index (χ2n) is 6.24. The van der Waals surface area contributed by atoms with Crippen LogP contribution in [-0.4, -0.2) is 50.4 Å². The number of thioether (sulfide) groups is 1. The number of hydrogen-bond donors (Lipinski definition) is 3. The Hall–Kier alpha value is -1.05. The zero-order valence-corrected chi connectivity index (χ0v) is 12.8. The van der Waals surface area contributed by atoms with E-state index in [1.807, 2.05) is 6.92 Å². The fourth-order valence-electron chi connectivity index (χ4n) is 3.56. The number of β-lactam (4-membered cyclic amide) rings is 1. The number of amides is 1. The molecule has 116 valence electrons. The van der Waals surface area contributed by atoms with Crippen LogP contribution in [0.5, 0.6) is 0 Å². The first-order chi connectivity index (χ1) is 9.82. The molecule has 0 unspecified atom stereocenters. The molecule has 1 saturated carbocycles. The summed E-state index contributed by atoms with van der Waals surface area (Å²) in [4.78, 5) is 25.9. The SMILES string of the molecule is C[C@@H](O)[C@H]1C(=O)N2C(C(=O)O)=C(S[C@H]3C[C@@H](N)C3)[C@H](C)[C@H]12. The molecule has 0 bridgehead atoms. The molecular weight excluding hydrogens is 292 g/mol. The second kappa shape index (κ2) is 5.00. The lowest BCUT2D eigenvalue weighted by atomic mass is 9.79. The first-order valence-corrected chi connectivity index (χ1v) is 8.11. The van der Waals surface area contributed by atoms with Gasteiger partial charge in [-0.05, 0) is 19.8 Å². The number of carbonyl (C=O) groups is 2.